The number of rotatable bonds is 3. The van der Waals surface area contributed by atoms with Crippen molar-refractivity contribution in [2.75, 3.05) is 6.61 Å². The highest BCUT2D eigenvalue weighted by molar-refractivity contribution is 5.19. The second-order valence-corrected chi connectivity index (χ2v) is 4.80. The SMILES string of the molecule is Cn1ccc(OCC23CC(F)(C2)C3)n1. The predicted octanol–water partition coefficient (Wildman–Crippen LogP) is 1.69. The van der Waals surface area contributed by atoms with Crippen molar-refractivity contribution in [2.45, 2.75) is 24.9 Å². The monoisotopic (exact) mass is 196 g/mol. The van der Waals surface area contributed by atoms with E-state index in [2.05, 4.69) is 5.10 Å². The molecule has 0 aromatic carbocycles. The zero-order valence-electron chi connectivity index (χ0n) is 8.16. The number of hydrogen-bond donors (Lipinski definition) is 0. The molecule has 0 saturated heterocycles. The second-order valence-electron chi connectivity index (χ2n) is 4.80. The molecule has 1 aromatic rings. The topological polar surface area (TPSA) is 27.1 Å². The van der Waals surface area contributed by atoms with E-state index in [4.69, 9.17) is 4.74 Å². The average molecular weight is 196 g/mol. The summed E-state index contributed by atoms with van der Waals surface area (Å²) >= 11 is 0. The van der Waals surface area contributed by atoms with Crippen molar-refractivity contribution in [3.63, 3.8) is 0 Å². The van der Waals surface area contributed by atoms with Crippen LogP contribution < -0.4 is 4.74 Å². The van der Waals surface area contributed by atoms with Crippen LogP contribution in [0.5, 0.6) is 5.88 Å². The molecule has 4 heteroatoms. The van der Waals surface area contributed by atoms with Gasteiger partial charge in [0.15, 0.2) is 0 Å². The number of ether oxygens (including phenoxy) is 1. The van der Waals surface area contributed by atoms with E-state index in [9.17, 15) is 4.39 Å². The van der Waals surface area contributed by atoms with Crippen LogP contribution in [0.15, 0.2) is 12.3 Å². The summed E-state index contributed by atoms with van der Waals surface area (Å²) < 4.78 is 20.4. The largest absolute Gasteiger partial charge is 0.476 e. The molecule has 1 heterocycles. The van der Waals surface area contributed by atoms with Crippen LogP contribution in [0, 0.1) is 5.41 Å². The van der Waals surface area contributed by atoms with Gasteiger partial charge in [-0.25, -0.2) is 4.39 Å². The number of hydrogen-bond acceptors (Lipinski definition) is 2. The van der Waals surface area contributed by atoms with Gasteiger partial charge in [0, 0.05) is 24.7 Å². The maximum Gasteiger partial charge on any atom is 0.232 e. The van der Waals surface area contributed by atoms with E-state index in [0.717, 1.165) is 0 Å². The highest BCUT2D eigenvalue weighted by atomic mass is 19.1. The lowest BCUT2D eigenvalue weighted by Gasteiger charge is -2.65. The minimum absolute atomic E-state index is 0.145. The van der Waals surface area contributed by atoms with E-state index in [0.29, 0.717) is 31.7 Å². The van der Waals surface area contributed by atoms with Gasteiger partial charge >= 0.3 is 0 Å². The Labute approximate surface area is 81.9 Å². The molecule has 0 spiro atoms. The molecule has 3 fully saturated rings. The van der Waals surface area contributed by atoms with E-state index in [1.807, 2.05) is 19.3 Å². The van der Waals surface area contributed by atoms with Gasteiger partial charge < -0.3 is 4.74 Å². The third-order valence-corrected chi connectivity index (χ3v) is 3.29. The van der Waals surface area contributed by atoms with Crippen molar-refractivity contribution in [3.8, 4) is 5.88 Å². The fourth-order valence-electron chi connectivity index (χ4n) is 2.71. The van der Waals surface area contributed by atoms with E-state index < -0.39 is 5.67 Å². The highest BCUT2D eigenvalue weighted by Gasteiger charge is 2.69. The molecular formula is C10H13FN2O. The molecule has 0 unspecified atom stereocenters. The Bertz CT molecular complexity index is 354. The van der Waals surface area contributed by atoms with Crippen LogP contribution in [-0.4, -0.2) is 22.1 Å². The summed E-state index contributed by atoms with van der Waals surface area (Å²) in [6, 6.07) is 1.83. The molecule has 3 nitrogen and oxygen atoms in total. The summed E-state index contributed by atoms with van der Waals surface area (Å²) in [6.45, 7) is 0.621. The van der Waals surface area contributed by atoms with Crippen LogP contribution >= 0.6 is 0 Å². The Morgan fingerprint density at radius 1 is 1.57 bits per heavy atom. The van der Waals surface area contributed by atoms with Crippen molar-refractivity contribution in [3.05, 3.63) is 12.3 Å². The van der Waals surface area contributed by atoms with Gasteiger partial charge in [-0.2, -0.15) is 0 Å². The minimum atomic E-state index is -0.826. The molecule has 0 radical (unpaired) electrons. The van der Waals surface area contributed by atoms with Crippen molar-refractivity contribution in [2.24, 2.45) is 12.5 Å². The van der Waals surface area contributed by atoms with Crippen LogP contribution in [0.25, 0.3) is 0 Å². The molecule has 0 N–H and O–H groups in total. The van der Waals surface area contributed by atoms with Crippen molar-refractivity contribution < 1.29 is 9.13 Å². The van der Waals surface area contributed by atoms with Crippen molar-refractivity contribution >= 4 is 0 Å². The number of nitrogens with zero attached hydrogens (tertiary/aromatic N) is 2. The minimum Gasteiger partial charge on any atom is -0.476 e. The first kappa shape index (κ1) is 8.26. The summed E-state index contributed by atoms with van der Waals surface area (Å²) in [5.74, 6) is 0.644. The lowest BCUT2D eigenvalue weighted by molar-refractivity contribution is -0.226. The molecular weight excluding hydrogens is 183 g/mol. The fraction of sp³-hybridized carbons (Fsp3) is 0.700. The Morgan fingerprint density at radius 3 is 2.79 bits per heavy atom. The van der Waals surface area contributed by atoms with Gasteiger partial charge in [-0.15, -0.1) is 5.10 Å². The van der Waals surface area contributed by atoms with E-state index in [1.54, 1.807) is 4.68 Å². The van der Waals surface area contributed by atoms with Gasteiger partial charge in [-0.05, 0) is 19.3 Å². The standard InChI is InChI=1S/C10H13FN2O/c1-13-3-2-8(12-13)14-7-9-4-10(11,5-9)6-9/h2-3H,4-7H2,1H3. The first-order chi connectivity index (χ1) is 6.59. The van der Waals surface area contributed by atoms with Crippen LogP contribution in [0.3, 0.4) is 0 Å². The molecule has 0 amide bonds. The molecule has 2 bridgehead atoms. The molecule has 1 aromatic heterocycles. The zero-order valence-corrected chi connectivity index (χ0v) is 8.16. The van der Waals surface area contributed by atoms with Gasteiger partial charge in [-0.1, -0.05) is 0 Å². The quantitative estimate of drug-likeness (QED) is 0.735. The average Bonchev–Trinajstić information content (AvgIpc) is 2.41. The third-order valence-electron chi connectivity index (χ3n) is 3.29. The van der Waals surface area contributed by atoms with Crippen LogP contribution in [0.1, 0.15) is 19.3 Å². The summed E-state index contributed by atoms with van der Waals surface area (Å²) in [6.07, 6.45) is 3.90. The lowest BCUT2D eigenvalue weighted by Crippen LogP contribution is -2.66. The smallest absolute Gasteiger partial charge is 0.232 e. The number of aryl methyl sites for hydroxylation is 1. The highest BCUT2D eigenvalue weighted by Crippen LogP contribution is 2.69. The molecule has 3 aliphatic rings. The first-order valence-corrected chi connectivity index (χ1v) is 4.91. The van der Waals surface area contributed by atoms with Crippen molar-refractivity contribution in [1.82, 2.24) is 9.78 Å². The van der Waals surface area contributed by atoms with Gasteiger partial charge in [0.25, 0.3) is 0 Å². The third kappa shape index (κ3) is 1.06. The molecule has 3 saturated carbocycles. The number of aromatic nitrogens is 2. The molecule has 4 rings (SSSR count). The second kappa shape index (κ2) is 2.30. The first-order valence-electron chi connectivity index (χ1n) is 4.91. The Kier molecular flexibility index (Phi) is 1.36. The summed E-state index contributed by atoms with van der Waals surface area (Å²) in [4.78, 5) is 0. The van der Waals surface area contributed by atoms with Gasteiger partial charge in [0.2, 0.25) is 5.88 Å². The number of halogens is 1. The normalized spacial score (nSPS) is 38.7. The van der Waals surface area contributed by atoms with Gasteiger partial charge in [0.1, 0.15) is 5.67 Å². The van der Waals surface area contributed by atoms with Crippen LogP contribution in [0.2, 0.25) is 0 Å². The molecule has 76 valence electrons. The zero-order chi connectivity index (χ0) is 9.81. The van der Waals surface area contributed by atoms with E-state index in [-0.39, 0.29) is 5.41 Å². The molecule has 14 heavy (non-hydrogen) atoms. The summed E-state index contributed by atoms with van der Waals surface area (Å²) in [5, 5.41) is 4.11. The number of alkyl halides is 1. The Hall–Kier alpha value is -1.06. The lowest BCUT2D eigenvalue weighted by atomic mass is 9.43. The molecule has 3 aliphatic carbocycles. The molecule has 0 atom stereocenters. The van der Waals surface area contributed by atoms with Gasteiger partial charge in [-0.3, -0.25) is 4.68 Å². The fourth-order valence-corrected chi connectivity index (χ4v) is 2.71. The summed E-state index contributed by atoms with van der Waals surface area (Å²) in [7, 11) is 1.85. The van der Waals surface area contributed by atoms with Crippen LogP contribution in [0.4, 0.5) is 4.39 Å². The van der Waals surface area contributed by atoms with Crippen molar-refractivity contribution in [1.29, 1.82) is 0 Å². The molecule has 0 aliphatic heterocycles. The van der Waals surface area contributed by atoms with Gasteiger partial charge in [0.05, 0.1) is 6.61 Å². The van der Waals surface area contributed by atoms with E-state index >= 15 is 0 Å². The predicted molar refractivity (Wildman–Crippen MR) is 48.8 cm³/mol. The summed E-state index contributed by atoms with van der Waals surface area (Å²) in [5.41, 5.74) is -0.681. The van der Waals surface area contributed by atoms with Crippen LogP contribution in [-0.2, 0) is 7.05 Å². The van der Waals surface area contributed by atoms with E-state index in [1.165, 1.54) is 0 Å². The Balaban J connectivity index is 1.56. The maximum absolute atomic E-state index is 13.2. The Morgan fingerprint density at radius 2 is 2.29 bits per heavy atom. The maximum atomic E-state index is 13.2.